The number of hydrogen-bond donors (Lipinski definition) is 5. The summed E-state index contributed by atoms with van der Waals surface area (Å²) in [6.45, 7) is 5.58. The quantitative estimate of drug-likeness (QED) is 0.138. The molecule has 0 aromatic heterocycles. The third-order valence-corrected chi connectivity index (χ3v) is 7.65. The zero-order valence-electron chi connectivity index (χ0n) is 21.8. The average molecular weight is 565 g/mol. The van der Waals surface area contributed by atoms with E-state index < -0.39 is 31.9 Å². The van der Waals surface area contributed by atoms with Gasteiger partial charge >= 0.3 is 13.9 Å². The van der Waals surface area contributed by atoms with E-state index in [1.165, 1.54) is 18.2 Å². The summed E-state index contributed by atoms with van der Waals surface area (Å²) >= 11 is 0. The number of nitrogens with zero attached hydrogens (tertiary/aromatic N) is 1. The predicted octanol–water partition coefficient (Wildman–Crippen LogP) is 0.759. The van der Waals surface area contributed by atoms with Gasteiger partial charge in [0.1, 0.15) is 24.4 Å². The normalized spacial score (nSPS) is 25.4. The van der Waals surface area contributed by atoms with Crippen LogP contribution >= 0.6 is 7.82 Å². The smallest absolute Gasteiger partial charge is 0.448 e. The van der Waals surface area contributed by atoms with E-state index in [0.29, 0.717) is 29.4 Å². The number of phosphoric ester groups is 1. The maximum Gasteiger partial charge on any atom is 0.524 e. The predicted molar refractivity (Wildman–Crippen MR) is 138 cm³/mol. The first-order chi connectivity index (χ1) is 18.3. The van der Waals surface area contributed by atoms with Crippen molar-refractivity contribution >= 4 is 37.2 Å². The Balaban J connectivity index is 1.40. The Kier molecular flexibility index (Phi) is 8.06. The third-order valence-electron chi connectivity index (χ3n) is 7.20. The lowest BCUT2D eigenvalue weighted by Gasteiger charge is -2.29. The van der Waals surface area contributed by atoms with Crippen molar-refractivity contribution in [3.63, 3.8) is 0 Å². The Labute approximate surface area is 225 Å². The van der Waals surface area contributed by atoms with Gasteiger partial charge in [-0.1, -0.05) is 26.0 Å². The zero-order chi connectivity index (χ0) is 28.6. The van der Waals surface area contributed by atoms with Gasteiger partial charge in [-0.15, -0.1) is 0 Å². The van der Waals surface area contributed by atoms with E-state index in [1.807, 2.05) is 13.8 Å². The molecular weight excluding hydrogens is 531 g/mol. The Morgan fingerprint density at radius 1 is 1.13 bits per heavy atom. The molecule has 0 radical (unpaired) electrons. The minimum atomic E-state index is -4.68. The fourth-order valence-corrected chi connectivity index (χ4v) is 5.89. The summed E-state index contributed by atoms with van der Waals surface area (Å²) in [6, 6.07) is 4.43. The SMILES string of the molecule is C/C(=C\C(=O)N[C@@H](CC(C)C)C(=O)N1C2C3[C@H]2[C@@H]3[C@H]1C(=O)NCCOC(N)=O)c1ccc(OP(=O)(O)O)cc1. The van der Waals surface area contributed by atoms with Crippen LogP contribution < -0.4 is 20.9 Å². The number of carbonyl (C=O) groups excluding carboxylic acids is 4. The molecule has 4 amide bonds. The second-order valence-corrected chi connectivity index (χ2v) is 11.7. The molecule has 5 rings (SSSR count). The molecule has 39 heavy (non-hydrogen) atoms. The number of ether oxygens (including phenoxy) is 1. The van der Waals surface area contributed by atoms with E-state index in [-0.39, 0.29) is 48.6 Å². The molecule has 6 N–H and O–H groups in total. The molecule has 6 atom stereocenters. The number of carbonyl (C=O) groups is 4. The first-order valence-corrected chi connectivity index (χ1v) is 14.2. The molecule has 0 spiro atoms. The third kappa shape index (κ3) is 6.60. The van der Waals surface area contributed by atoms with E-state index >= 15 is 0 Å². The lowest BCUT2D eigenvalue weighted by atomic mass is 10.0. The standard InChI is InChI=1S/C25H33N4O9P/c1-12(2)10-16(28-17(30)11-13(3)14-4-6-15(7-5-14)38-39(34,35)36)24(32)29-21-18-19(21)20(18)22(29)23(31)27-8-9-37-25(26)33/h4-7,11-12,16,18-22H,8-10H2,1-3H3,(H2,26,33)(H,27,31)(H,28,30)(H2,34,35,36)/b13-11+/t16-,18-,19?,20-,21?,22-/m0/s1. The average Bonchev–Trinajstić information content (AvgIpc) is 3.66. The molecule has 2 heterocycles. The molecule has 212 valence electrons. The molecule has 2 aliphatic heterocycles. The molecule has 14 heteroatoms. The highest BCUT2D eigenvalue weighted by Gasteiger charge is 2.86. The highest BCUT2D eigenvalue weighted by molar-refractivity contribution is 7.46. The van der Waals surface area contributed by atoms with Gasteiger partial charge in [0.15, 0.2) is 0 Å². The van der Waals surface area contributed by atoms with Crippen LogP contribution in [0.4, 0.5) is 4.79 Å². The van der Waals surface area contributed by atoms with E-state index in [2.05, 4.69) is 19.9 Å². The fraction of sp³-hybridized carbons (Fsp3) is 0.520. The summed E-state index contributed by atoms with van der Waals surface area (Å²) < 4.78 is 20.2. The molecule has 1 aromatic carbocycles. The summed E-state index contributed by atoms with van der Waals surface area (Å²) in [4.78, 5) is 69.7. The largest absolute Gasteiger partial charge is 0.524 e. The van der Waals surface area contributed by atoms with Gasteiger partial charge in [-0.3, -0.25) is 24.2 Å². The van der Waals surface area contributed by atoms with E-state index in [1.54, 1.807) is 24.0 Å². The van der Waals surface area contributed by atoms with E-state index in [0.717, 1.165) is 0 Å². The van der Waals surface area contributed by atoms with Gasteiger partial charge in [0.25, 0.3) is 0 Å². The second-order valence-electron chi connectivity index (χ2n) is 10.5. The maximum atomic E-state index is 13.7. The first-order valence-electron chi connectivity index (χ1n) is 12.6. The number of piperidine rings is 1. The summed E-state index contributed by atoms with van der Waals surface area (Å²) in [6.07, 6.45) is 0.795. The monoisotopic (exact) mass is 564 g/mol. The fourth-order valence-electron chi connectivity index (χ4n) is 5.50. The van der Waals surface area contributed by atoms with Gasteiger partial charge < -0.3 is 30.5 Å². The van der Waals surface area contributed by atoms with Gasteiger partial charge in [0, 0.05) is 12.1 Å². The Hall–Kier alpha value is -3.41. The number of nitrogens with one attached hydrogen (secondary N) is 2. The molecule has 2 saturated heterocycles. The number of primary amides is 1. The van der Waals surface area contributed by atoms with Crippen LogP contribution in [0.15, 0.2) is 30.3 Å². The topological polar surface area (TPSA) is 198 Å². The Morgan fingerprint density at radius 2 is 1.77 bits per heavy atom. The van der Waals surface area contributed by atoms with Gasteiger partial charge in [-0.2, -0.15) is 0 Å². The number of amides is 4. The summed E-state index contributed by atoms with van der Waals surface area (Å²) in [7, 11) is -4.68. The van der Waals surface area contributed by atoms with Gasteiger partial charge in [0.2, 0.25) is 17.7 Å². The molecule has 1 aromatic rings. The van der Waals surface area contributed by atoms with Crippen molar-refractivity contribution < 1.29 is 42.8 Å². The summed E-state index contributed by atoms with van der Waals surface area (Å²) in [5.41, 5.74) is 6.12. The van der Waals surface area contributed by atoms with Crippen LogP contribution in [0.2, 0.25) is 0 Å². The number of rotatable bonds is 12. The Bertz CT molecular complexity index is 1220. The number of nitrogens with two attached hydrogens (primary N) is 1. The molecule has 2 aliphatic carbocycles. The number of allylic oxidation sites excluding steroid dienone is 1. The van der Waals surface area contributed by atoms with Crippen LogP contribution in [0.5, 0.6) is 5.75 Å². The highest BCUT2D eigenvalue weighted by atomic mass is 31.2. The minimum absolute atomic E-state index is 0.0119. The van der Waals surface area contributed by atoms with Crippen molar-refractivity contribution in [2.75, 3.05) is 13.2 Å². The van der Waals surface area contributed by atoms with Gasteiger partial charge in [-0.05, 0) is 60.3 Å². The van der Waals surface area contributed by atoms with Crippen molar-refractivity contribution in [3.05, 3.63) is 35.9 Å². The minimum Gasteiger partial charge on any atom is -0.448 e. The molecule has 2 unspecified atom stereocenters. The molecule has 2 saturated carbocycles. The molecule has 13 nitrogen and oxygen atoms in total. The molecule has 4 fully saturated rings. The van der Waals surface area contributed by atoms with E-state index in [4.69, 9.17) is 15.5 Å². The van der Waals surface area contributed by atoms with E-state index in [9.17, 15) is 23.7 Å². The first kappa shape index (κ1) is 28.6. The lowest BCUT2D eigenvalue weighted by Crippen LogP contribution is -2.54. The van der Waals surface area contributed by atoms with Gasteiger partial charge in [-0.25, -0.2) is 9.36 Å². The highest BCUT2D eigenvalue weighted by Crippen LogP contribution is 2.78. The number of benzene rings is 1. The molecule has 2 bridgehead atoms. The van der Waals surface area contributed by atoms with Crippen LogP contribution in [0.1, 0.15) is 32.8 Å². The number of fused-ring (bicyclic) bond motifs is 1. The van der Waals surface area contributed by atoms with Crippen molar-refractivity contribution in [1.29, 1.82) is 0 Å². The van der Waals surface area contributed by atoms with Crippen molar-refractivity contribution in [2.45, 2.75) is 45.3 Å². The molecule has 4 aliphatic rings. The number of phosphoric acid groups is 1. The Morgan fingerprint density at radius 3 is 2.33 bits per heavy atom. The number of hydrogen-bond acceptors (Lipinski definition) is 7. The van der Waals surface area contributed by atoms with Crippen molar-refractivity contribution in [1.82, 2.24) is 15.5 Å². The maximum absolute atomic E-state index is 13.7. The van der Waals surface area contributed by atoms with Crippen LogP contribution in [0.25, 0.3) is 5.57 Å². The zero-order valence-corrected chi connectivity index (χ0v) is 22.7. The van der Waals surface area contributed by atoms with Crippen molar-refractivity contribution in [3.8, 4) is 5.75 Å². The second kappa shape index (κ2) is 11.0. The summed E-state index contributed by atoms with van der Waals surface area (Å²) in [5.74, 6) is -0.260. The van der Waals surface area contributed by atoms with Crippen molar-refractivity contribution in [2.24, 2.45) is 29.4 Å². The van der Waals surface area contributed by atoms with Gasteiger partial charge in [0.05, 0.1) is 6.54 Å². The van der Waals surface area contributed by atoms with Crippen LogP contribution in [0.3, 0.4) is 0 Å². The van der Waals surface area contributed by atoms with Crippen LogP contribution in [0, 0.1) is 23.7 Å². The van der Waals surface area contributed by atoms with Crippen LogP contribution in [-0.4, -0.2) is 69.8 Å². The molecular formula is C25H33N4O9P. The summed E-state index contributed by atoms with van der Waals surface area (Å²) in [5, 5.41) is 5.51. The lowest BCUT2D eigenvalue weighted by molar-refractivity contribution is -0.141. The van der Waals surface area contributed by atoms with Crippen LogP contribution in [-0.2, 0) is 23.7 Å².